The zero-order valence-electron chi connectivity index (χ0n) is 11.6. The van der Waals surface area contributed by atoms with Crippen LogP contribution in [0.4, 0.5) is 15.8 Å². The lowest BCUT2D eigenvalue weighted by Crippen LogP contribution is -2.18. The number of nitrogens with zero attached hydrogens (tertiary/aromatic N) is 2. The fourth-order valence-electron chi connectivity index (χ4n) is 1.85. The lowest BCUT2D eigenvalue weighted by atomic mass is 10.3. The molecule has 3 rings (SSSR count). The number of halogens is 1. The highest BCUT2D eigenvalue weighted by Gasteiger charge is 2.18. The number of aromatic amines is 2. The first-order chi connectivity index (χ1) is 11.1. The summed E-state index contributed by atoms with van der Waals surface area (Å²) in [6.45, 7) is 0. The molecule has 0 saturated carbocycles. The number of carbonyl (C=O) groups excluding carboxylic acids is 2. The standard InChI is InChI=1S/C14H11FN6O2/c15-8-1-3-9(4-2-8)19-14(23)12-10(6-18-21-12)20-13(22)11-5-16-7-17-11/h1-7H,(H,16,17)(H,18,21)(H,19,23)(H,20,22). The van der Waals surface area contributed by atoms with Crippen molar-refractivity contribution in [3.05, 3.63) is 60.2 Å². The number of H-pyrrole nitrogens is 2. The fourth-order valence-corrected chi connectivity index (χ4v) is 1.85. The van der Waals surface area contributed by atoms with E-state index in [1.54, 1.807) is 0 Å². The van der Waals surface area contributed by atoms with Crippen LogP contribution in [-0.4, -0.2) is 32.0 Å². The zero-order valence-corrected chi connectivity index (χ0v) is 11.6. The molecule has 0 radical (unpaired) electrons. The summed E-state index contributed by atoms with van der Waals surface area (Å²) in [6.07, 6.45) is 4.11. The highest BCUT2D eigenvalue weighted by molar-refractivity contribution is 6.10. The van der Waals surface area contributed by atoms with Crippen LogP contribution in [0.15, 0.2) is 43.0 Å². The van der Waals surface area contributed by atoms with E-state index in [9.17, 15) is 14.0 Å². The Hall–Kier alpha value is -3.49. The number of hydrogen-bond acceptors (Lipinski definition) is 4. The maximum Gasteiger partial charge on any atom is 0.278 e. The van der Waals surface area contributed by atoms with E-state index in [0.717, 1.165) is 0 Å². The molecule has 9 heteroatoms. The van der Waals surface area contributed by atoms with E-state index >= 15 is 0 Å². The molecule has 23 heavy (non-hydrogen) atoms. The SMILES string of the molecule is O=C(Nc1c[nH]nc1C(=O)Nc1ccc(F)cc1)c1cnc[nH]1. The van der Waals surface area contributed by atoms with E-state index in [2.05, 4.69) is 30.8 Å². The van der Waals surface area contributed by atoms with Crippen LogP contribution < -0.4 is 10.6 Å². The van der Waals surface area contributed by atoms with Gasteiger partial charge in [0.05, 0.1) is 18.2 Å². The topological polar surface area (TPSA) is 116 Å². The second kappa shape index (κ2) is 6.10. The van der Waals surface area contributed by atoms with Crippen molar-refractivity contribution in [1.82, 2.24) is 20.2 Å². The number of carbonyl (C=O) groups is 2. The highest BCUT2D eigenvalue weighted by atomic mass is 19.1. The van der Waals surface area contributed by atoms with E-state index < -0.39 is 17.6 Å². The fraction of sp³-hybridized carbons (Fsp3) is 0. The summed E-state index contributed by atoms with van der Waals surface area (Å²) in [6, 6.07) is 5.29. The summed E-state index contributed by atoms with van der Waals surface area (Å²) in [5.41, 5.74) is 0.868. The van der Waals surface area contributed by atoms with Crippen molar-refractivity contribution in [2.75, 3.05) is 10.6 Å². The van der Waals surface area contributed by atoms with Gasteiger partial charge in [-0.1, -0.05) is 0 Å². The predicted octanol–water partition coefficient (Wildman–Crippen LogP) is 1.78. The van der Waals surface area contributed by atoms with Gasteiger partial charge in [0.15, 0.2) is 5.69 Å². The number of nitrogens with one attached hydrogen (secondary N) is 4. The van der Waals surface area contributed by atoms with Gasteiger partial charge in [-0.3, -0.25) is 14.7 Å². The van der Waals surface area contributed by atoms with Gasteiger partial charge in [0.25, 0.3) is 11.8 Å². The Bertz CT molecular complexity index is 825. The molecule has 4 N–H and O–H groups in total. The Morgan fingerprint density at radius 1 is 1.09 bits per heavy atom. The van der Waals surface area contributed by atoms with E-state index in [1.807, 2.05) is 0 Å². The Labute approximate surface area is 129 Å². The number of benzene rings is 1. The molecule has 1 aromatic carbocycles. The zero-order chi connectivity index (χ0) is 16.2. The molecule has 2 amide bonds. The third-order valence-corrected chi connectivity index (χ3v) is 2.95. The summed E-state index contributed by atoms with van der Waals surface area (Å²) >= 11 is 0. The first-order valence-corrected chi connectivity index (χ1v) is 6.54. The van der Waals surface area contributed by atoms with Crippen LogP contribution in [0.2, 0.25) is 0 Å². The number of aromatic nitrogens is 4. The number of imidazole rings is 1. The average molecular weight is 314 g/mol. The van der Waals surface area contributed by atoms with E-state index in [1.165, 1.54) is 43.0 Å². The van der Waals surface area contributed by atoms with Crippen molar-refractivity contribution in [1.29, 1.82) is 0 Å². The molecule has 0 unspecified atom stereocenters. The van der Waals surface area contributed by atoms with Crippen molar-refractivity contribution >= 4 is 23.2 Å². The molecule has 0 aliphatic rings. The minimum absolute atomic E-state index is 0.00203. The average Bonchev–Trinajstić information content (AvgIpc) is 3.20. The van der Waals surface area contributed by atoms with E-state index in [4.69, 9.17) is 0 Å². The Kier molecular flexibility index (Phi) is 3.83. The van der Waals surface area contributed by atoms with Gasteiger partial charge in [0, 0.05) is 11.9 Å². The quantitative estimate of drug-likeness (QED) is 0.587. The molecule has 3 aromatic rings. The predicted molar refractivity (Wildman–Crippen MR) is 79.5 cm³/mol. The highest BCUT2D eigenvalue weighted by Crippen LogP contribution is 2.16. The summed E-state index contributed by atoms with van der Waals surface area (Å²) in [5.74, 6) is -1.41. The summed E-state index contributed by atoms with van der Waals surface area (Å²) in [7, 11) is 0. The maximum atomic E-state index is 12.9. The first-order valence-electron chi connectivity index (χ1n) is 6.54. The summed E-state index contributed by atoms with van der Waals surface area (Å²) in [5, 5.41) is 11.4. The molecule has 0 aliphatic heterocycles. The van der Waals surface area contributed by atoms with Gasteiger partial charge in [-0.25, -0.2) is 9.37 Å². The van der Waals surface area contributed by atoms with Crippen LogP contribution >= 0.6 is 0 Å². The van der Waals surface area contributed by atoms with Crippen molar-refractivity contribution in [2.24, 2.45) is 0 Å². The molecule has 0 saturated heterocycles. The summed E-state index contributed by atoms with van der Waals surface area (Å²) in [4.78, 5) is 30.5. The molecule has 2 heterocycles. The monoisotopic (exact) mass is 314 g/mol. The van der Waals surface area contributed by atoms with Crippen molar-refractivity contribution in [3.8, 4) is 0 Å². The molecular weight excluding hydrogens is 303 g/mol. The number of amides is 2. The number of rotatable bonds is 4. The third-order valence-electron chi connectivity index (χ3n) is 2.95. The Morgan fingerprint density at radius 3 is 2.57 bits per heavy atom. The molecule has 2 aromatic heterocycles. The van der Waals surface area contributed by atoms with Crippen LogP contribution in [-0.2, 0) is 0 Å². The minimum Gasteiger partial charge on any atom is -0.341 e. The van der Waals surface area contributed by atoms with E-state index in [-0.39, 0.29) is 17.1 Å². The molecule has 116 valence electrons. The molecule has 0 bridgehead atoms. The minimum atomic E-state index is -0.544. The van der Waals surface area contributed by atoms with Gasteiger partial charge >= 0.3 is 0 Å². The van der Waals surface area contributed by atoms with Crippen LogP contribution in [0.25, 0.3) is 0 Å². The van der Waals surface area contributed by atoms with Crippen LogP contribution in [0.1, 0.15) is 21.0 Å². The molecule has 0 fully saturated rings. The third kappa shape index (κ3) is 3.23. The smallest absolute Gasteiger partial charge is 0.278 e. The first kappa shape index (κ1) is 14.4. The number of hydrogen-bond donors (Lipinski definition) is 4. The normalized spacial score (nSPS) is 10.3. The maximum absolute atomic E-state index is 12.9. The molecule has 0 atom stereocenters. The lowest BCUT2D eigenvalue weighted by molar-refractivity contribution is 0.102. The molecule has 0 aliphatic carbocycles. The van der Waals surface area contributed by atoms with Gasteiger partial charge in [-0.15, -0.1) is 0 Å². The Balaban J connectivity index is 1.73. The van der Waals surface area contributed by atoms with Crippen LogP contribution in [0.5, 0.6) is 0 Å². The van der Waals surface area contributed by atoms with Crippen molar-refractivity contribution in [3.63, 3.8) is 0 Å². The van der Waals surface area contributed by atoms with Gasteiger partial charge in [0.1, 0.15) is 11.5 Å². The second-order valence-corrected chi connectivity index (χ2v) is 4.53. The van der Waals surface area contributed by atoms with Crippen LogP contribution in [0.3, 0.4) is 0 Å². The second-order valence-electron chi connectivity index (χ2n) is 4.53. The molecular formula is C14H11FN6O2. The Morgan fingerprint density at radius 2 is 1.87 bits per heavy atom. The van der Waals surface area contributed by atoms with Gasteiger partial charge in [-0.05, 0) is 24.3 Å². The van der Waals surface area contributed by atoms with Gasteiger partial charge < -0.3 is 15.6 Å². The molecule has 8 nitrogen and oxygen atoms in total. The molecule has 0 spiro atoms. The van der Waals surface area contributed by atoms with Crippen molar-refractivity contribution in [2.45, 2.75) is 0 Å². The summed E-state index contributed by atoms with van der Waals surface area (Å²) < 4.78 is 12.9. The van der Waals surface area contributed by atoms with Crippen molar-refractivity contribution < 1.29 is 14.0 Å². The largest absolute Gasteiger partial charge is 0.341 e. The van der Waals surface area contributed by atoms with Gasteiger partial charge in [-0.2, -0.15) is 5.10 Å². The van der Waals surface area contributed by atoms with Gasteiger partial charge in [0.2, 0.25) is 0 Å². The number of anilines is 2. The van der Waals surface area contributed by atoms with Crippen LogP contribution in [0, 0.1) is 5.82 Å². The lowest BCUT2D eigenvalue weighted by Gasteiger charge is -2.06. The van der Waals surface area contributed by atoms with E-state index in [0.29, 0.717) is 5.69 Å².